The highest BCUT2D eigenvalue weighted by Crippen LogP contribution is 2.26. The van der Waals surface area contributed by atoms with Crippen LogP contribution in [0.25, 0.3) is 0 Å². The minimum Gasteiger partial charge on any atom is -0.362 e. The summed E-state index contributed by atoms with van der Waals surface area (Å²) in [6, 6.07) is 15.0. The molecular weight excluding hydrogens is 368 g/mol. The quantitative estimate of drug-likeness (QED) is 0.780. The molecule has 2 aliphatic rings. The Morgan fingerprint density at radius 3 is 2.59 bits per heavy atom. The van der Waals surface area contributed by atoms with Gasteiger partial charge in [0.1, 0.15) is 0 Å². The number of amides is 3. The summed E-state index contributed by atoms with van der Waals surface area (Å²) < 4.78 is 0. The van der Waals surface area contributed by atoms with Gasteiger partial charge in [0, 0.05) is 36.4 Å². The third kappa shape index (κ3) is 4.23. The highest BCUT2D eigenvalue weighted by atomic mass is 16.2. The molecule has 2 N–H and O–H groups in total. The normalized spacial score (nSPS) is 15.8. The van der Waals surface area contributed by atoms with Crippen molar-refractivity contribution in [3.63, 3.8) is 0 Å². The van der Waals surface area contributed by atoms with Gasteiger partial charge in [0.25, 0.3) is 11.8 Å². The van der Waals surface area contributed by atoms with E-state index < -0.39 is 5.91 Å². The Morgan fingerprint density at radius 1 is 0.931 bits per heavy atom. The summed E-state index contributed by atoms with van der Waals surface area (Å²) in [4.78, 5) is 40.4. The highest BCUT2D eigenvalue weighted by Gasteiger charge is 2.22. The molecule has 2 aromatic carbocycles. The molecule has 7 nitrogen and oxygen atoms in total. The second-order valence-corrected chi connectivity index (χ2v) is 7.36. The summed E-state index contributed by atoms with van der Waals surface area (Å²) in [5, 5.41) is 0. The Bertz CT molecular complexity index is 943. The molecule has 0 spiro atoms. The number of fused-ring (bicyclic) bond motifs is 1. The van der Waals surface area contributed by atoms with Crippen molar-refractivity contribution < 1.29 is 14.4 Å². The van der Waals surface area contributed by atoms with E-state index in [1.165, 1.54) is 5.56 Å². The van der Waals surface area contributed by atoms with Crippen molar-refractivity contribution in [2.45, 2.75) is 25.7 Å². The van der Waals surface area contributed by atoms with E-state index in [0.29, 0.717) is 24.2 Å². The monoisotopic (exact) mass is 392 g/mol. The number of rotatable bonds is 4. The van der Waals surface area contributed by atoms with E-state index in [-0.39, 0.29) is 18.4 Å². The molecule has 150 valence electrons. The standard InChI is InChI=1S/C22H24N4O3/c27-20(15-25-12-4-8-16-6-1-2-10-19(16)25)23-24-22(29)17-7-3-9-18(14-17)26-13-5-11-21(26)28/h1-3,6-7,9-10,14H,4-5,8,11-13,15H2,(H,23,27)(H,24,29). The number of carbonyl (C=O) groups is 3. The molecule has 2 aliphatic heterocycles. The van der Waals surface area contributed by atoms with Gasteiger partial charge in [0.05, 0.1) is 6.54 Å². The van der Waals surface area contributed by atoms with Gasteiger partial charge in [0.2, 0.25) is 5.91 Å². The third-order valence-corrected chi connectivity index (χ3v) is 5.35. The number of nitrogens with one attached hydrogen (secondary N) is 2. The maximum absolute atomic E-state index is 12.4. The van der Waals surface area contributed by atoms with E-state index in [1.807, 2.05) is 29.2 Å². The molecule has 2 heterocycles. The largest absolute Gasteiger partial charge is 0.362 e. The van der Waals surface area contributed by atoms with Crippen LogP contribution >= 0.6 is 0 Å². The summed E-state index contributed by atoms with van der Waals surface area (Å²) in [6.45, 7) is 1.65. The van der Waals surface area contributed by atoms with Crippen LogP contribution in [0.3, 0.4) is 0 Å². The van der Waals surface area contributed by atoms with Crippen LogP contribution < -0.4 is 20.7 Å². The fraction of sp³-hybridized carbons (Fsp3) is 0.318. The Kier molecular flexibility index (Phi) is 5.46. The van der Waals surface area contributed by atoms with E-state index in [0.717, 1.165) is 31.5 Å². The van der Waals surface area contributed by atoms with Crippen LogP contribution in [0.2, 0.25) is 0 Å². The lowest BCUT2D eigenvalue weighted by molar-refractivity contribution is -0.120. The molecule has 2 aromatic rings. The number of aryl methyl sites for hydroxylation is 1. The molecule has 29 heavy (non-hydrogen) atoms. The van der Waals surface area contributed by atoms with Crippen molar-refractivity contribution in [1.82, 2.24) is 10.9 Å². The van der Waals surface area contributed by atoms with E-state index in [1.54, 1.807) is 23.1 Å². The summed E-state index contributed by atoms with van der Waals surface area (Å²) in [5.74, 6) is -0.621. The molecule has 7 heteroatoms. The van der Waals surface area contributed by atoms with Gasteiger partial charge in [-0.2, -0.15) is 0 Å². The lowest BCUT2D eigenvalue weighted by Gasteiger charge is -2.30. The molecule has 1 saturated heterocycles. The van der Waals surface area contributed by atoms with E-state index >= 15 is 0 Å². The van der Waals surface area contributed by atoms with Crippen LogP contribution in [0.4, 0.5) is 11.4 Å². The first kappa shape index (κ1) is 19.0. The van der Waals surface area contributed by atoms with E-state index in [2.05, 4.69) is 16.9 Å². The first-order chi connectivity index (χ1) is 14.1. The Balaban J connectivity index is 1.34. The van der Waals surface area contributed by atoms with Gasteiger partial charge in [0.15, 0.2) is 0 Å². The van der Waals surface area contributed by atoms with Gasteiger partial charge >= 0.3 is 0 Å². The van der Waals surface area contributed by atoms with Crippen LogP contribution in [-0.2, 0) is 16.0 Å². The number of benzene rings is 2. The predicted molar refractivity (Wildman–Crippen MR) is 111 cm³/mol. The minimum atomic E-state index is -0.411. The van der Waals surface area contributed by atoms with Crippen LogP contribution in [0.5, 0.6) is 0 Å². The maximum Gasteiger partial charge on any atom is 0.269 e. The first-order valence-electron chi connectivity index (χ1n) is 9.94. The Labute approximate surface area is 169 Å². The van der Waals surface area contributed by atoms with Crippen molar-refractivity contribution in [1.29, 1.82) is 0 Å². The second kappa shape index (κ2) is 8.34. The average Bonchev–Trinajstić information content (AvgIpc) is 3.18. The Morgan fingerprint density at radius 2 is 1.76 bits per heavy atom. The van der Waals surface area contributed by atoms with Gasteiger partial charge in [-0.3, -0.25) is 25.2 Å². The molecule has 0 radical (unpaired) electrons. The number of carbonyl (C=O) groups excluding carboxylic acids is 3. The number of hydrogen-bond donors (Lipinski definition) is 2. The second-order valence-electron chi connectivity index (χ2n) is 7.36. The molecular formula is C22H24N4O3. The highest BCUT2D eigenvalue weighted by molar-refractivity contribution is 5.99. The molecule has 0 saturated carbocycles. The molecule has 0 aromatic heterocycles. The zero-order chi connectivity index (χ0) is 20.2. The lowest BCUT2D eigenvalue weighted by atomic mass is 10.0. The van der Waals surface area contributed by atoms with E-state index in [4.69, 9.17) is 0 Å². The van der Waals surface area contributed by atoms with Gasteiger partial charge in [-0.05, 0) is 49.1 Å². The van der Waals surface area contributed by atoms with Crippen LogP contribution in [0.1, 0.15) is 35.2 Å². The van der Waals surface area contributed by atoms with Gasteiger partial charge < -0.3 is 9.80 Å². The van der Waals surface area contributed by atoms with Gasteiger partial charge in [-0.1, -0.05) is 24.3 Å². The van der Waals surface area contributed by atoms with Crippen molar-refractivity contribution in [3.8, 4) is 0 Å². The molecule has 0 unspecified atom stereocenters. The zero-order valence-corrected chi connectivity index (χ0v) is 16.2. The number of anilines is 2. The average molecular weight is 392 g/mol. The van der Waals surface area contributed by atoms with Crippen LogP contribution in [0, 0.1) is 0 Å². The Hall–Kier alpha value is -3.35. The van der Waals surface area contributed by atoms with Crippen molar-refractivity contribution in [2.24, 2.45) is 0 Å². The predicted octanol–water partition coefficient (Wildman–Crippen LogP) is 2.03. The summed E-state index contributed by atoms with van der Waals surface area (Å²) in [7, 11) is 0. The number of para-hydroxylation sites is 1. The summed E-state index contributed by atoms with van der Waals surface area (Å²) in [6.07, 6.45) is 3.37. The topological polar surface area (TPSA) is 81.8 Å². The minimum absolute atomic E-state index is 0.0673. The lowest BCUT2D eigenvalue weighted by Crippen LogP contribution is -2.47. The maximum atomic E-state index is 12.4. The molecule has 4 rings (SSSR count). The SMILES string of the molecule is O=C(CN1CCCc2ccccc21)NNC(=O)c1cccc(N2CCCC2=O)c1. The van der Waals surface area contributed by atoms with Crippen molar-refractivity contribution in [2.75, 3.05) is 29.4 Å². The van der Waals surface area contributed by atoms with Gasteiger partial charge in [-0.15, -0.1) is 0 Å². The zero-order valence-electron chi connectivity index (χ0n) is 16.2. The molecule has 0 bridgehead atoms. The summed E-state index contributed by atoms with van der Waals surface area (Å²) in [5.41, 5.74) is 8.38. The van der Waals surface area contributed by atoms with Crippen molar-refractivity contribution in [3.05, 3.63) is 59.7 Å². The molecule has 0 atom stereocenters. The molecule has 3 amide bonds. The number of nitrogens with zero attached hydrogens (tertiary/aromatic N) is 2. The van der Waals surface area contributed by atoms with Crippen molar-refractivity contribution >= 4 is 29.1 Å². The fourth-order valence-electron chi connectivity index (χ4n) is 3.92. The third-order valence-electron chi connectivity index (χ3n) is 5.35. The number of hydrazine groups is 1. The molecule has 0 aliphatic carbocycles. The fourth-order valence-corrected chi connectivity index (χ4v) is 3.92. The summed E-state index contributed by atoms with van der Waals surface area (Å²) >= 11 is 0. The van der Waals surface area contributed by atoms with Crippen LogP contribution in [-0.4, -0.2) is 37.4 Å². The molecule has 1 fully saturated rings. The number of hydrogen-bond acceptors (Lipinski definition) is 4. The van der Waals surface area contributed by atoms with E-state index in [9.17, 15) is 14.4 Å². The van der Waals surface area contributed by atoms with Crippen LogP contribution in [0.15, 0.2) is 48.5 Å². The first-order valence-corrected chi connectivity index (χ1v) is 9.94. The smallest absolute Gasteiger partial charge is 0.269 e. The van der Waals surface area contributed by atoms with Gasteiger partial charge in [-0.25, -0.2) is 0 Å².